The van der Waals surface area contributed by atoms with E-state index in [1.54, 1.807) is 0 Å². The van der Waals surface area contributed by atoms with Crippen LogP contribution in [0.2, 0.25) is 0 Å². The van der Waals surface area contributed by atoms with Crippen LogP contribution >= 0.6 is 0 Å². The van der Waals surface area contributed by atoms with Crippen LogP contribution in [0.1, 0.15) is 37.3 Å². The van der Waals surface area contributed by atoms with Crippen molar-refractivity contribution in [3.63, 3.8) is 0 Å². The van der Waals surface area contributed by atoms with Gasteiger partial charge in [-0.2, -0.15) is 0 Å². The lowest BCUT2D eigenvalue weighted by Gasteiger charge is -2.13. The van der Waals surface area contributed by atoms with Crippen molar-refractivity contribution in [2.24, 2.45) is 5.73 Å². The summed E-state index contributed by atoms with van der Waals surface area (Å²) in [7, 11) is 0. The first-order valence-electron chi connectivity index (χ1n) is 6.67. The molecule has 1 amide bonds. The summed E-state index contributed by atoms with van der Waals surface area (Å²) in [4.78, 5) is 11.7. The van der Waals surface area contributed by atoms with Gasteiger partial charge in [0.15, 0.2) is 0 Å². The number of hydrogen-bond acceptors (Lipinski definition) is 2. The number of carbonyl (C=O) groups is 1. The van der Waals surface area contributed by atoms with E-state index in [9.17, 15) is 4.79 Å². The monoisotopic (exact) mass is 248 g/mol. The molecule has 0 spiro atoms. The van der Waals surface area contributed by atoms with Crippen LogP contribution < -0.4 is 11.1 Å². The molecule has 0 aliphatic rings. The highest BCUT2D eigenvalue weighted by atomic mass is 16.1. The highest BCUT2D eigenvalue weighted by molar-refractivity contribution is 5.76. The predicted molar refractivity (Wildman–Crippen MR) is 75.4 cm³/mol. The zero-order valence-electron chi connectivity index (χ0n) is 11.4. The molecule has 1 atom stereocenters. The molecule has 0 saturated heterocycles. The summed E-state index contributed by atoms with van der Waals surface area (Å²) in [6.07, 6.45) is 3.26. The summed E-state index contributed by atoms with van der Waals surface area (Å²) in [5.41, 5.74) is 7.91. The molecule has 1 unspecified atom stereocenters. The van der Waals surface area contributed by atoms with Crippen LogP contribution in [0.3, 0.4) is 0 Å². The highest BCUT2D eigenvalue weighted by Crippen LogP contribution is 2.06. The Balaban J connectivity index is 2.28. The minimum absolute atomic E-state index is 0.126. The lowest BCUT2D eigenvalue weighted by molar-refractivity contribution is -0.121. The van der Waals surface area contributed by atoms with Crippen LogP contribution in [-0.2, 0) is 11.2 Å². The fraction of sp³-hybridized carbons (Fsp3) is 0.533. The lowest BCUT2D eigenvalue weighted by Crippen LogP contribution is -2.33. The molecule has 1 aromatic rings. The molecule has 0 heterocycles. The minimum atomic E-state index is 0.126. The number of benzene rings is 1. The maximum atomic E-state index is 11.7. The number of aryl methyl sites for hydroxylation is 2. The van der Waals surface area contributed by atoms with Crippen molar-refractivity contribution >= 4 is 5.91 Å². The molecule has 0 aliphatic heterocycles. The Kier molecular flexibility index (Phi) is 6.44. The molecule has 18 heavy (non-hydrogen) atoms. The number of nitrogens with one attached hydrogen (secondary N) is 1. The van der Waals surface area contributed by atoms with Gasteiger partial charge in [-0.1, -0.05) is 29.8 Å². The Bertz CT molecular complexity index is 377. The molecule has 0 saturated carbocycles. The number of rotatable bonds is 7. The largest absolute Gasteiger partial charge is 0.354 e. The zero-order chi connectivity index (χ0) is 13.4. The van der Waals surface area contributed by atoms with Gasteiger partial charge in [-0.15, -0.1) is 0 Å². The van der Waals surface area contributed by atoms with Gasteiger partial charge < -0.3 is 11.1 Å². The number of hydrogen-bond donors (Lipinski definition) is 2. The van der Waals surface area contributed by atoms with Gasteiger partial charge in [0.2, 0.25) is 5.91 Å². The fourth-order valence-electron chi connectivity index (χ4n) is 1.97. The van der Waals surface area contributed by atoms with Crippen LogP contribution in [0, 0.1) is 6.92 Å². The molecule has 0 radical (unpaired) electrons. The zero-order valence-corrected chi connectivity index (χ0v) is 11.4. The SMILES string of the molecule is Cc1cccc(CCC(=O)NC(C)CCCN)c1. The van der Waals surface area contributed by atoms with Crippen LogP contribution in [0.5, 0.6) is 0 Å². The van der Waals surface area contributed by atoms with E-state index >= 15 is 0 Å². The third-order valence-corrected chi connectivity index (χ3v) is 2.97. The Labute approximate surface area is 110 Å². The van der Waals surface area contributed by atoms with E-state index < -0.39 is 0 Å². The normalized spacial score (nSPS) is 12.2. The van der Waals surface area contributed by atoms with E-state index in [1.807, 2.05) is 13.0 Å². The van der Waals surface area contributed by atoms with E-state index in [1.165, 1.54) is 11.1 Å². The van der Waals surface area contributed by atoms with E-state index in [0.717, 1.165) is 19.3 Å². The van der Waals surface area contributed by atoms with E-state index in [4.69, 9.17) is 5.73 Å². The molecule has 0 aliphatic carbocycles. The average molecular weight is 248 g/mol. The summed E-state index contributed by atoms with van der Waals surface area (Å²) in [5.74, 6) is 0.126. The highest BCUT2D eigenvalue weighted by Gasteiger charge is 2.07. The molecular formula is C15H24N2O. The van der Waals surface area contributed by atoms with Crippen LogP contribution in [0.25, 0.3) is 0 Å². The fourth-order valence-corrected chi connectivity index (χ4v) is 1.97. The number of nitrogens with two attached hydrogens (primary N) is 1. The van der Waals surface area contributed by atoms with Crippen molar-refractivity contribution in [2.45, 2.75) is 45.6 Å². The van der Waals surface area contributed by atoms with Gasteiger partial charge in [-0.25, -0.2) is 0 Å². The molecule has 1 rings (SSSR count). The van der Waals surface area contributed by atoms with Crippen LogP contribution in [0.4, 0.5) is 0 Å². The predicted octanol–water partition coefficient (Wildman–Crippen LogP) is 2.17. The Hall–Kier alpha value is -1.35. The Morgan fingerprint density at radius 2 is 2.22 bits per heavy atom. The van der Waals surface area contributed by atoms with Gasteiger partial charge in [0, 0.05) is 12.5 Å². The second-order valence-corrected chi connectivity index (χ2v) is 4.89. The van der Waals surface area contributed by atoms with Gasteiger partial charge in [0.25, 0.3) is 0 Å². The third kappa shape index (κ3) is 5.82. The topological polar surface area (TPSA) is 55.1 Å². The smallest absolute Gasteiger partial charge is 0.220 e. The average Bonchev–Trinajstić information content (AvgIpc) is 2.34. The quantitative estimate of drug-likeness (QED) is 0.777. The molecule has 0 fully saturated rings. The molecule has 3 N–H and O–H groups in total. The van der Waals surface area contributed by atoms with Gasteiger partial charge >= 0.3 is 0 Å². The first-order chi connectivity index (χ1) is 8.61. The summed E-state index contributed by atoms with van der Waals surface area (Å²) in [5, 5.41) is 3.01. The maximum Gasteiger partial charge on any atom is 0.220 e. The lowest BCUT2D eigenvalue weighted by atomic mass is 10.1. The van der Waals surface area contributed by atoms with E-state index in [0.29, 0.717) is 13.0 Å². The van der Waals surface area contributed by atoms with Gasteiger partial charge in [-0.3, -0.25) is 4.79 Å². The molecule has 1 aromatic carbocycles. The summed E-state index contributed by atoms with van der Waals surface area (Å²) >= 11 is 0. The number of amides is 1. The molecule has 0 aromatic heterocycles. The standard InChI is InChI=1S/C15H24N2O/c1-12-5-3-7-14(11-12)8-9-15(18)17-13(2)6-4-10-16/h3,5,7,11,13H,4,6,8-10,16H2,1-2H3,(H,17,18). The second-order valence-electron chi connectivity index (χ2n) is 4.89. The maximum absolute atomic E-state index is 11.7. The molecule has 3 heteroatoms. The molecular weight excluding hydrogens is 224 g/mol. The molecule has 3 nitrogen and oxygen atoms in total. The second kappa shape index (κ2) is 7.88. The van der Waals surface area contributed by atoms with Crippen LogP contribution in [0.15, 0.2) is 24.3 Å². The van der Waals surface area contributed by atoms with Crippen molar-refractivity contribution in [1.82, 2.24) is 5.32 Å². The summed E-state index contributed by atoms with van der Waals surface area (Å²) in [6.45, 7) is 4.78. The minimum Gasteiger partial charge on any atom is -0.354 e. The Morgan fingerprint density at radius 3 is 2.89 bits per heavy atom. The van der Waals surface area contributed by atoms with Crippen molar-refractivity contribution in [3.05, 3.63) is 35.4 Å². The van der Waals surface area contributed by atoms with Gasteiger partial charge in [-0.05, 0) is 45.2 Å². The summed E-state index contributed by atoms with van der Waals surface area (Å²) < 4.78 is 0. The first kappa shape index (κ1) is 14.7. The third-order valence-electron chi connectivity index (χ3n) is 2.97. The van der Waals surface area contributed by atoms with Crippen molar-refractivity contribution in [3.8, 4) is 0 Å². The first-order valence-corrected chi connectivity index (χ1v) is 6.67. The van der Waals surface area contributed by atoms with Crippen molar-refractivity contribution in [2.75, 3.05) is 6.54 Å². The van der Waals surface area contributed by atoms with Crippen molar-refractivity contribution in [1.29, 1.82) is 0 Å². The van der Waals surface area contributed by atoms with Crippen LogP contribution in [-0.4, -0.2) is 18.5 Å². The van der Waals surface area contributed by atoms with E-state index in [2.05, 4.69) is 30.4 Å². The summed E-state index contributed by atoms with van der Waals surface area (Å²) in [6, 6.07) is 8.52. The Morgan fingerprint density at radius 1 is 1.44 bits per heavy atom. The number of carbonyl (C=O) groups excluding carboxylic acids is 1. The van der Waals surface area contributed by atoms with Crippen molar-refractivity contribution < 1.29 is 4.79 Å². The molecule has 100 valence electrons. The van der Waals surface area contributed by atoms with Gasteiger partial charge in [0.1, 0.15) is 0 Å². The van der Waals surface area contributed by atoms with Gasteiger partial charge in [0.05, 0.1) is 0 Å². The molecule has 0 bridgehead atoms. The van der Waals surface area contributed by atoms with E-state index in [-0.39, 0.29) is 11.9 Å².